The number of rotatable bonds is 2. The quantitative estimate of drug-likeness (QED) is 0.630. The van der Waals surface area contributed by atoms with Crippen LogP contribution in [-0.4, -0.2) is 24.8 Å². The van der Waals surface area contributed by atoms with Gasteiger partial charge < -0.3 is 10.1 Å². The number of halogens is 2. The lowest BCUT2D eigenvalue weighted by Crippen LogP contribution is -2.44. The summed E-state index contributed by atoms with van der Waals surface area (Å²) in [5.74, 6) is -2.66. The Morgan fingerprint density at radius 3 is 2.60 bits per heavy atom. The molecular formula is C18H17Cl2NO4. The number of Topliss-reactive ketones (excluding diaryl/α,β-unsaturated/α-hetero) is 1. The highest BCUT2D eigenvalue weighted by atomic mass is 35.5. The molecule has 0 bridgehead atoms. The Kier molecular flexibility index (Phi) is 4.89. The van der Waals surface area contributed by atoms with E-state index in [4.69, 9.17) is 27.9 Å². The Labute approximate surface area is 155 Å². The van der Waals surface area contributed by atoms with Gasteiger partial charge in [-0.1, -0.05) is 36.2 Å². The molecule has 0 aromatic heterocycles. The van der Waals surface area contributed by atoms with Crippen molar-refractivity contribution in [1.82, 2.24) is 5.32 Å². The van der Waals surface area contributed by atoms with Gasteiger partial charge in [0.15, 0.2) is 5.78 Å². The summed E-state index contributed by atoms with van der Waals surface area (Å²) in [6, 6.07) is 4.97. The first kappa shape index (κ1) is 18.0. The third kappa shape index (κ3) is 3.18. The summed E-state index contributed by atoms with van der Waals surface area (Å²) in [6.45, 7) is 1.80. The van der Waals surface area contributed by atoms with E-state index in [9.17, 15) is 14.4 Å². The van der Waals surface area contributed by atoms with Gasteiger partial charge in [0.2, 0.25) is 5.91 Å². The lowest BCUT2D eigenvalue weighted by molar-refractivity contribution is -0.151. The maximum Gasteiger partial charge on any atom is 0.316 e. The number of amides is 1. The number of ether oxygens (including phenoxy) is 1. The highest BCUT2D eigenvalue weighted by molar-refractivity contribution is 6.35. The minimum Gasteiger partial charge on any atom is -0.468 e. The summed E-state index contributed by atoms with van der Waals surface area (Å²) < 4.78 is 4.80. The smallest absolute Gasteiger partial charge is 0.316 e. The van der Waals surface area contributed by atoms with Gasteiger partial charge in [-0.2, -0.15) is 0 Å². The van der Waals surface area contributed by atoms with Crippen LogP contribution in [0.3, 0.4) is 0 Å². The fraction of sp³-hybridized carbons (Fsp3) is 0.389. The van der Waals surface area contributed by atoms with Crippen LogP contribution in [0.2, 0.25) is 10.0 Å². The number of esters is 1. The number of nitrogens with one attached hydrogen (secondary N) is 1. The molecule has 0 saturated carbocycles. The lowest BCUT2D eigenvalue weighted by atomic mass is 9.70. The largest absolute Gasteiger partial charge is 0.468 e. The first-order valence-corrected chi connectivity index (χ1v) is 8.69. The molecule has 3 rings (SSSR count). The molecule has 0 radical (unpaired) electrons. The van der Waals surface area contributed by atoms with Gasteiger partial charge in [-0.25, -0.2) is 0 Å². The molecule has 1 aliphatic heterocycles. The van der Waals surface area contributed by atoms with Crippen molar-refractivity contribution in [2.45, 2.75) is 25.7 Å². The molecule has 132 valence electrons. The van der Waals surface area contributed by atoms with Crippen LogP contribution in [-0.2, 0) is 19.1 Å². The summed E-state index contributed by atoms with van der Waals surface area (Å²) in [5, 5.41) is 3.65. The predicted molar refractivity (Wildman–Crippen MR) is 93.3 cm³/mol. The second-order valence-electron chi connectivity index (χ2n) is 6.41. The Bertz CT molecular complexity index is 802. The highest BCUT2D eigenvalue weighted by Gasteiger charge is 2.45. The molecule has 1 heterocycles. The zero-order valence-electron chi connectivity index (χ0n) is 13.8. The lowest BCUT2D eigenvalue weighted by Gasteiger charge is -2.36. The van der Waals surface area contributed by atoms with Crippen LogP contribution in [0.1, 0.15) is 31.2 Å². The van der Waals surface area contributed by atoms with E-state index in [1.54, 1.807) is 25.1 Å². The zero-order chi connectivity index (χ0) is 18.3. The van der Waals surface area contributed by atoms with Gasteiger partial charge in [0, 0.05) is 33.7 Å². The second kappa shape index (κ2) is 6.81. The Morgan fingerprint density at radius 2 is 1.96 bits per heavy atom. The van der Waals surface area contributed by atoms with E-state index in [1.165, 1.54) is 7.11 Å². The van der Waals surface area contributed by atoms with Crippen molar-refractivity contribution in [2.24, 2.45) is 11.8 Å². The number of carbonyl (C=O) groups excluding carboxylic acids is 3. The number of carbonyl (C=O) groups is 3. The molecule has 25 heavy (non-hydrogen) atoms. The molecule has 7 heteroatoms. The highest BCUT2D eigenvalue weighted by Crippen LogP contribution is 2.44. The number of hydrogen-bond donors (Lipinski definition) is 1. The summed E-state index contributed by atoms with van der Waals surface area (Å²) >= 11 is 12.3. The molecule has 2 aliphatic rings. The fourth-order valence-electron chi connectivity index (χ4n) is 3.65. The molecule has 0 unspecified atom stereocenters. The maximum absolute atomic E-state index is 13.1. The normalized spacial score (nSPS) is 26.2. The summed E-state index contributed by atoms with van der Waals surface area (Å²) in [5.41, 5.74) is 1.67. The van der Waals surface area contributed by atoms with Gasteiger partial charge in [-0.3, -0.25) is 14.4 Å². The van der Waals surface area contributed by atoms with Crippen LogP contribution >= 0.6 is 23.2 Å². The van der Waals surface area contributed by atoms with Crippen molar-refractivity contribution in [1.29, 1.82) is 0 Å². The number of methoxy groups -OCH3 is 1. The van der Waals surface area contributed by atoms with E-state index in [0.717, 1.165) is 0 Å². The second-order valence-corrected chi connectivity index (χ2v) is 7.25. The zero-order valence-corrected chi connectivity index (χ0v) is 15.3. The van der Waals surface area contributed by atoms with Gasteiger partial charge in [0.05, 0.1) is 7.11 Å². The van der Waals surface area contributed by atoms with E-state index in [0.29, 0.717) is 33.3 Å². The van der Waals surface area contributed by atoms with Crippen molar-refractivity contribution in [3.05, 3.63) is 45.1 Å². The van der Waals surface area contributed by atoms with E-state index >= 15 is 0 Å². The van der Waals surface area contributed by atoms with Crippen molar-refractivity contribution in [2.75, 3.05) is 7.11 Å². The molecule has 1 amide bonds. The standard InChI is InChI=1S/C18H17Cl2NO4/c1-8-5-13-16(17(23)15(8)18(24)25-2)11(7-14(22)21-13)10-4-3-9(19)6-12(10)20/h3-4,6,8,11,15H,5,7H2,1-2H3,(H,21,22)/t8-,11-,15-/m0/s1. The van der Waals surface area contributed by atoms with Crippen LogP contribution in [0.25, 0.3) is 0 Å². The molecular weight excluding hydrogens is 365 g/mol. The molecule has 1 N–H and O–H groups in total. The molecule has 0 saturated heterocycles. The molecule has 3 atom stereocenters. The summed E-state index contributed by atoms with van der Waals surface area (Å²) in [7, 11) is 1.27. The van der Waals surface area contributed by atoms with Crippen molar-refractivity contribution < 1.29 is 19.1 Å². The predicted octanol–water partition coefficient (Wildman–Crippen LogP) is 3.25. The number of benzene rings is 1. The molecule has 0 spiro atoms. The molecule has 0 fully saturated rings. The van der Waals surface area contributed by atoms with Gasteiger partial charge in [-0.15, -0.1) is 0 Å². The summed E-state index contributed by atoms with van der Waals surface area (Å²) in [6.07, 6.45) is 0.516. The Morgan fingerprint density at radius 1 is 1.24 bits per heavy atom. The van der Waals surface area contributed by atoms with Gasteiger partial charge in [0.25, 0.3) is 0 Å². The van der Waals surface area contributed by atoms with Crippen molar-refractivity contribution in [3.8, 4) is 0 Å². The van der Waals surface area contributed by atoms with Gasteiger partial charge in [0.1, 0.15) is 5.92 Å². The Hall–Kier alpha value is -1.85. The maximum atomic E-state index is 13.1. The third-order valence-electron chi connectivity index (χ3n) is 4.79. The fourth-order valence-corrected chi connectivity index (χ4v) is 4.19. The number of allylic oxidation sites excluding steroid dienone is 2. The minimum atomic E-state index is -0.868. The molecule has 5 nitrogen and oxygen atoms in total. The monoisotopic (exact) mass is 381 g/mol. The molecule has 1 aromatic carbocycles. The van der Waals surface area contributed by atoms with Crippen LogP contribution in [0, 0.1) is 11.8 Å². The Balaban J connectivity index is 2.10. The van der Waals surface area contributed by atoms with E-state index < -0.39 is 17.8 Å². The van der Waals surface area contributed by atoms with Crippen molar-refractivity contribution in [3.63, 3.8) is 0 Å². The van der Waals surface area contributed by atoms with E-state index in [1.807, 2.05) is 0 Å². The minimum absolute atomic E-state index is 0.0915. The average molecular weight is 382 g/mol. The van der Waals surface area contributed by atoms with Crippen LogP contribution in [0.15, 0.2) is 29.5 Å². The number of ketones is 1. The van der Waals surface area contributed by atoms with Crippen molar-refractivity contribution >= 4 is 40.9 Å². The first-order chi connectivity index (χ1) is 11.8. The number of hydrogen-bond acceptors (Lipinski definition) is 4. The molecule has 1 aliphatic carbocycles. The molecule has 1 aromatic rings. The van der Waals surface area contributed by atoms with Gasteiger partial charge in [-0.05, 0) is 30.0 Å². The van der Waals surface area contributed by atoms with E-state index in [2.05, 4.69) is 5.32 Å². The van der Waals surface area contributed by atoms with Crippen LogP contribution < -0.4 is 5.32 Å². The SMILES string of the molecule is COC(=O)[C@@H]1C(=O)C2=C(C[C@@H]1C)NC(=O)C[C@H]2c1ccc(Cl)cc1Cl. The van der Waals surface area contributed by atoms with Crippen LogP contribution in [0.5, 0.6) is 0 Å². The average Bonchev–Trinajstić information content (AvgIpc) is 2.53. The van der Waals surface area contributed by atoms with Gasteiger partial charge >= 0.3 is 5.97 Å². The first-order valence-electron chi connectivity index (χ1n) is 7.93. The van der Waals surface area contributed by atoms with E-state index in [-0.39, 0.29) is 24.0 Å². The summed E-state index contributed by atoms with van der Waals surface area (Å²) in [4.78, 5) is 37.3. The topological polar surface area (TPSA) is 72.5 Å². The third-order valence-corrected chi connectivity index (χ3v) is 5.35. The van der Waals surface area contributed by atoms with Crippen LogP contribution in [0.4, 0.5) is 0 Å².